The van der Waals surface area contributed by atoms with E-state index in [0.717, 1.165) is 35.0 Å². The van der Waals surface area contributed by atoms with Crippen LogP contribution in [0.15, 0.2) is 72.8 Å². The summed E-state index contributed by atoms with van der Waals surface area (Å²) in [5.74, 6) is -0.216. The van der Waals surface area contributed by atoms with Crippen LogP contribution in [0.1, 0.15) is 32.7 Å². The number of hydrogen-bond donors (Lipinski definition) is 2. The molecule has 0 atom stereocenters. The van der Waals surface area contributed by atoms with Gasteiger partial charge in [0.05, 0.1) is 12.6 Å². The van der Waals surface area contributed by atoms with Gasteiger partial charge in [-0.2, -0.15) is 0 Å². The molecule has 2 N–H and O–H groups in total. The molecule has 1 aromatic heterocycles. The number of rotatable bonds is 9. The predicted octanol–water partition coefficient (Wildman–Crippen LogP) is 5.04. The van der Waals surface area contributed by atoms with E-state index >= 15 is 0 Å². The van der Waals surface area contributed by atoms with Crippen LogP contribution in [0.2, 0.25) is 0 Å². The Kier molecular flexibility index (Phi) is 6.57. The van der Waals surface area contributed by atoms with Crippen molar-refractivity contribution in [3.8, 4) is 5.75 Å². The van der Waals surface area contributed by atoms with Gasteiger partial charge in [0, 0.05) is 30.1 Å². The Morgan fingerprint density at radius 3 is 2.50 bits per heavy atom. The zero-order chi connectivity index (χ0) is 22.5. The second-order valence-electron chi connectivity index (χ2n) is 7.94. The third kappa shape index (κ3) is 4.53. The molecule has 0 aliphatic heterocycles. The van der Waals surface area contributed by atoms with Crippen molar-refractivity contribution in [3.05, 3.63) is 101 Å². The molecule has 5 nitrogen and oxygen atoms in total. The smallest absolute Gasteiger partial charge is 0.352 e. The fourth-order valence-corrected chi connectivity index (χ4v) is 4.21. The summed E-state index contributed by atoms with van der Waals surface area (Å²) in [6.07, 6.45) is 0.894. The van der Waals surface area contributed by atoms with E-state index in [0.29, 0.717) is 24.5 Å². The number of carbonyl (C=O) groups is 1. The predicted molar refractivity (Wildman–Crippen MR) is 128 cm³/mol. The quantitative estimate of drug-likeness (QED) is 0.367. The number of carboxylic acid groups (broad SMARTS) is 1. The Morgan fingerprint density at radius 2 is 1.78 bits per heavy atom. The third-order valence-corrected chi connectivity index (χ3v) is 5.90. The molecule has 32 heavy (non-hydrogen) atoms. The fraction of sp³-hybridized carbons (Fsp3) is 0.222. The minimum absolute atomic E-state index is 0.320. The van der Waals surface area contributed by atoms with Gasteiger partial charge in [-0.1, -0.05) is 54.6 Å². The van der Waals surface area contributed by atoms with E-state index in [1.54, 1.807) is 7.11 Å². The van der Waals surface area contributed by atoms with E-state index in [9.17, 15) is 9.90 Å². The molecule has 0 bridgehead atoms. The lowest BCUT2D eigenvalue weighted by Gasteiger charge is -2.10. The maximum absolute atomic E-state index is 12.4. The Balaban J connectivity index is 1.67. The number of aromatic carboxylic acids is 1. The number of carboxylic acids is 1. The van der Waals surface area contributed by atoms with Crippen LogP contribution in [0.5, 0.6) is 5.75 Å². The van der Waals surface area contributed by atoms with Gasteiger partial charge in [0.15, 0.2) is 0 Å². The second kappa shape index (κ2) is 9.71. The van der Waals surface area contributed by atoms with Gasteiger partial charge < -0.3 is 19.7 Å². The highest BCUT2D eigenvalue weighted by molar-refractivity contribution is 5.98. The SMILES string of the molecule is COc1ccc2c(CNCCc3ccccc3C)c(C(=O)O)n(Cc3ccccc3)c2c1. The first-order valence-corrected chi connectivity index (χ1v) is 10.8. The van der Waals surface area contributed by atoms with Gasteiger partial charge in [-0.3, -0.25) is 0 Å². The van der Waals surface area contributed by atoms with Crippen LogP contribution < -0.4 is 10.1 Å². The first-order chi connectivity index (χ1) is 15.6. The van der Waals surface area contributed by atoms with Crippen LogP contribution >= 0.6 is 0 Å². The van der Waals surface area contributed by atoms with Gasteiger partial charge in [0.2, 0.25) is 0 Å². The molecule has 0 amide bonds. The highest BCUT2D eigenvalue weighted by Crippen LogP contribution is 2.30. The van der Waals surface area contributed by atoms with E-state index in [1.807, 2.05) is 59.2 Å². The molecule has 0 spiro atoms. The first-order valence-electron chi connectivity index (χ1n) is 10.8. The zero-order valence-electron chi connectivity index (χ0n) is 18.5. The summed E-state index contributed by atoms with van der Waals surface area (Å²) in [5.41, 5.74) is 5.60. The van der Waals surface area contributed by atoms with Gasteiger partial charge in [-0.25, -0.2) is 4.79 Å². The fourth-order valence-electron chi connectivity index (χ4n) is 4.21. The summed E-state index contributed by atoms with van der Waals surface area (Å²) < 4.78 is 7.30. The number of hydrogen-bond acceptors (Lipinski definition) is 3. The summed E-state index contributed by atoms with van der Waals surface area (Å²) in [5, 5.41) is 14.5. The van der Waals surface area contributed by atoms with Gasteiger partial charge >= 0.3 is 5.97 Å². The molecule has 0 aliphatic rings. The van der Waals surface area contributed by atoms with Gasteiger partial charge in [-0.15, -0.1) is 0 Å². The Bertz CT molecular complexity index is 1230. The number of ether oxygens (including phenoxy) is 1. The van der Waals surface area contributed by atoms with E-state index < -0.39 is 5.97 Å². The van der Waals surface area contributed by atoms with Crippen molar-refractivity contribution in [1.29, 1.82) is 0 Å². The largest absolute Gasteiger partial charge is 0.497 e. The van der Waals surface area contributed by atoms with Gasteiger partial charge in [0.1, 0.15) is 11.4 Å². The number of methoxy groups -OCH3 is 1. The summed E-state index contributed by atoms with van der Waals surface area (Å²) in [6, 6.07) is 24.0. The van der Waals surface area contributed by atoms with Crippen molar-refractivity contribution in [3.63, 3.8) is 0 Å². The third-order valence-electron chi connectivity index (χ3n) is 5.90. The number of nitrogens with zero attached hydrogens (tertiary/aromatic N) is 1. The van der Waals surface area contributed by atoms with Gasteiger partial charge in [0.25, 0.3) is 0 Å². The molecule has 0 radical (unpaired) electrons. The van der Waals surface area contributed by atoms with Crippen LogP contribution in [-0.4, -0.2) is 29.3 Å². The molecule has 0 saturated heterocycles. The summed E-state index contributed by atoms with van der Waals surface area (Å²) in [7, 11) is 1.62. The molecule has 0 unspecified atom stereocenters. The highest BCUT2D eigenvalue weighted by atomic mass is 16.5. The average Bonchev–Trinajstić information content (AvgIpc) is 3.11. The Labute approximate surface area is 188 Å². The van der Waals surface area contributed by atoms with Gasteiger partial charge in [-0.05, 0) is 48.7 Å². The number of aryl methyl sites for hydroxylation is 1. The lowest BCUT2D eigenvalue weighted by molar-refractivity contribution is 0.0684. The Hall–Kier alpha value is -3.57. The van der Waals surface area contributed by atoms with Crippen LogP contribution in [0.25, 0.3) is 10.9 Å². The molecule has 164 valence electrons. The lowest BCUT2D eigenvalue weighted by atomic mass is 10.1. The molecule has 0 saturated carbocycles. The zero-order valence-corrected chi connectivity index (χ0v) is 18.5. The maximum atomic E-state index is 12.4. The van der Waals surface area contributed by atoms with Crippen molar-refractivity contribution < 1.29 is 14.6 Å². The molecule has 4 aromatic rings. The normalized spacial score (nSPS) is 11.1. The molecule has 0 fully saturated rings. The summed E-state index contributed by atoms with van der Waals surface area (Å²) in [4.78, 5) is 12.4. The molecular weight excluding hydrogens is 400 g/mol. The molecular formula is C27H28N2O3. The topological polar surface area (TPSA) is 63.5 Å². The maximum Gasteiger partial charge on any atom is 0.352 e. The van der Waals surface area contributed by atoms with E-state index in [-0.39, 0.29) is 0 Å². The molecule has 1 heterocycles. The number of nitrogens with one attached hydrogen (secondary N) is 1. The van der Waals surface area contributed by atoms with Crippen molar-refractivity contribution in [2.45, 2.75) is 26.4 Å². The Morgan fingerprint density at radius 1 is 1.03 bits per heavy atom. The second-order valence-corrected chi connectivity index (χ2v) is 7.94. The minimum Gasteiger partial charge on any atom is -0.497 e. The van der Waals surface area contributed by atoms with E-state index in [1.165, 1.54) is 11.1 Å². The molecule has 3 aromatic carbocycles. The van der Waals surface area contributed by atoms with Crippen molar-refractivity contribution in [2.24, 2.45) is 0 Å². The van der Waals surface area contributed by atoms with Crippen molar-refractivity contribution in [1.82, 2.24) is 9.88 Å². The molecule has 4 rings (SSSR count). The van der Waals surface area contributed by atoms with Crippen LogP contribution in [-0.2, 0) is 19.5 Å². The monoisotopic (exact) mass is 428 g/mol. The molecule has 5 heteroatoms. The lowest BCUT2D eigenvalue weighted by Crippen LogP contribution is -2.19. The van der Waals surface area contributed by atoms with Crippen LogP contribution in [0, 0.1) is 6.92 Å². The van der Waals surface area contributed by atoms with E-state index in [2.05, 4.69) is 30.4 Å². The summed E-state index contributed by atoms with van der Waals surface area (Å²) >= 11 is 0. The van der Waals surface area contributed by atoms with Crippen LogP contribution in [0.3, 0.4) is 0 Å². The molecule has 0 aliphatic carbocycles. The number of fused-ring (bicyclic) bond motifs is 1. The van der Waals surface area contributed by atoms with Crippen molar-refractivity contribution in [2.75, 3.05) is 13.7 Å². The average molecular weight is 429 g/mol. The van der Waals surface area contributed by atoms with Crippen molar-refractivity contribution >= 4 is 16.9 Å². The minimum atomic E-state index is -0.924. The number of benzene rings is 3. The van der Waals surface area contributed by atoms with Crippen LogP contribution in [0.4, 0.5) is 0 Å². The van der Waals surface area contributed by atoms with E-state index in [4.69, 9.17) is 4.74 Å². The standard InChI is InChI=1S/C27H28N2O3/c1-19-8-6-7-11-21(19)14-15-28-17-24-23-13-12-22(32-2)16-25(23)29(26(24)27(30)31)18-20-9-4-3-5-10-20/h3-13,16,28H,14-15,17-18H2,1-2H3,(H,30,31). The first kappa shape index (κ1) is 21.7. The number of aromatic nitrogens is 1. The highest BCUT2D eigenvalue weighted by Gasteiger charge is 2.22. The summed E-state index contributed by atoms with van der Waals surface area (Å²) in [6.45, 7) is 3.85.